The molecule has 1 aromatic heterocycles. The van der Waals surface area contributed by atoms with Crippen molar-refractivity contribution in [1.82, 2.24) is 15.1 Å². The molecule has 0 spiro atoms. The number of urea groups is 1. The van der Waals surface area contributed by atoms with Crippen LogP contribution in [0.3, 0.4) is 0 Å². The van der Waals surface area contributed by atoms with Crippen molar-refractivity contribution in [3.8, 4) is 11.4 Å². The van der Waals surface area contributed by atoms with Gasteiger partial charge in [0.2, 0.25) is 0 Å². The normalized spacial score (nSPS) is 11.1. The van der Waals surface area contributed by atoms with Crippen LogP contribution >= 0.6 is 11.6 Å². The van der Waals surface area contributed by atoms with Crippen molar-refractivity contribution in [1.29, 1.82) is 0 Å². The molecule has 0 atom stereocenters. The Balaban J connectivity index is 1.77. The van der Waals surface area contributed by atoms with Crippen LogP contribution in [-0.2, 0) is 16.7 Å². The number of esters is 1. The van der Waals surface area contributed by atoms with E-state index in [1.807, 2.05) is 24.3 Å². The summed E-state index contributed by atoms with van der Waals surface area (Å²) in [6, 6.07) is 13.6. The summed E-state index contributed by atoms with van der Waals surface area (Å²) in [6.45, 7) is 6.46. The number of halogens is 1. The van der Waals surface area contributed by atoms with E-state index >= 15 is 0 Å². The summed E-state index contributed by atoms with van der Waals surface area (Å²) >= 11 is 6.17. The highest BCUT2D eigenvalue weighted by molar-refractivity contribution is 6.30. The maximum absolute atomic E-state index is 12.6. The van der Waals surface area contributed by atoms with Crippen molar-refractivity contribution in [3.63, 3.8) is 0 Å². The highest BCUT2D eigenvalue weighted by Gasteiger charge is 2.21. The summed E-state index contributed by atoms with van der Waals surface area (Å²) in [5.41, 5.74) is 3.07. The van der Waals surface area contributed by atoms with Crippen molar-refractivity contribution < 1.29 is 19.1 Å². The van der Waals surface area contributed by atoms with Crippen LogP contribution in [0.1, 0.15) is 42.5 Å². The van der Waals surface area contributed by atoms with E-state index in [0.29, 0.717) is 16.5 Å². The second-order valence-corrected chi connectivity index (χ2v) is 8.81. The summed E-state index contributed by atoms with van der Waals surface area (Å²) in [5.74, 6) is -0.222. The number of rotatable bonds is 6. The molecule has 0 radical (unpaired) electrons. The van der Waals surface area contributed by atoms with E-state index in [1.54, 1.807) is 22.9 Å². The van der Waals surface area contributed by atoms with E-state index in [1.165, 1.54) is 20.3 Å². The van der Waals surface area contributed by atoms with Gasteiger partial charge >= 0.3 is 12.0 Å². The summed E-state index contributed by atoms with van der Waals surface area (Å²) in [6.07, 6.45) is 0. The molecule has 0 bridgehead atoms. The average Bonchev–Trinajstić information content (AvgIpc) is 3.22. The van der Waals surface area contributed by atoms with Gasteiger partial charge in [-0.15, -0.1) is 0 Å². The monoisotopic (exact) mass is 470 g/mol. The Hall–Kier alpha value is -3.52. The lowest BCUT2D eigenvalue weighted by atomic mass is 9.92. The molecule has 174 valence electrons. The summed E-state index contributed by atoms with van der Waals surface area (Å²) in [7, 11) is 2.73. The molecule has 0 aliphatic rings. The third-order valence-corrected chi connectivity index (χ3v) is 5.13. The molecule has 0 fully saturated rings. The zero-order chi connectivity index (χ0) is 24.2. The number of benzene rings is 2. The second-order valence-electron chi connectivity index (χ2n) is 8.38. The fourth-order valence-electron chi connectivity index (χ4n) is 3.14. The van der Waals surface area contributed by atoms with Crippen LogP contribution in [0.15, 0.2) is 48.5 Å². The summed E-state index contributed by atoms with van der Waals surface area (Å²) < 4.78 is 11.7. The number of nitrogens with one attached hydrogen (secondary N) is 2. The molecular formula is C24H27ClN4O4. The molecule has 9 heteroatoms. The average molecular weight is 471 g/mol. The zero-order valence-electron chi connectivity index (χ0n) is 19.2. The number of ether oxygens (including phenoxy) is 2. The number of nitrogens with zero attached hydrogens (tertiary/aromatic N) is 2. The first-order valence-corrected chi connectivity index (χ1v) is 10.7. The largest absolute Gasteiger partial charge is 0.496 e. The minimum atomic E-state index is -0.521. The second kappa shape index (κ2) is 9.95. The molecule has 1 heterocycles. The number of anilines is 1. The number of methoxy groups -OCH3 is 2. The van der Waals surface area contributed by atoms with Crippen molar-refractivity contribution in [3.05, 3.63) is 70.5 Å². The van der Waals surface area contributed by atoms with Crippen LogP contribution in [0.5, 0.6) is 5.75 Å². The maximum Gasteiger partial charge on any atom is 0.341 e. The zero-order valence-corrected chi connectivity index (χ0v) is 20.0. The van der Waals surface area contributed by atoms with Gasteiger partial charge in [-0.25, -0.2) is 14.3 Å². The maximum atomic E-state index is 12.6. The van der Waals surface area contributed by atoms with Crippen molar-refractivity contribution in [2.75, 3.05) is 19.5 Å². The lowest BCUT2D eigenvalue weighted by Crippen LogP contribution is -2.29. The van der Waals surface area contributed by atoms with Gasteiger partial charge in [0.15, 0.2) is 0 Å². The molecule has 8 nitrogen and oxygen atoms in total. The Labute approximate surface area is 197 Å². The molecule has 2 aromatic carbocycles. The molecule has 0 aliphatic heterocycles. The molecule has 3 aromatic rings. The van der Waals surface area contributed by atoms with E-state index in [9.17, 15) is 9.59 Å². The smallest absolute Gasteiger partial charge is 0.341 e. The van der Waals surface area contributed by atoms with E-state index in [4.69, 9.17) is 26.2 Å². The first-order valence-electron chi connectivity index (χ1n) is 10.3. The van der Waals surface area contributed by atoms with E-state index < -0.39 is 12.0 Å². The van der Waals surface area contributed by atoms with Gasteiger partial charge in [0, 0.05) is 22.2 Å². The number of amides is 2. The number of carbonyl (C=O) groups excluding carboxylic acids is 2. The third-order valence-electron chi connectivity index (χ3n) is 4.90. The summed E-state index contributed by atoms with van der Waals surface area (Å²) in [4.78, 5) is 24.4. The molecule has 0 unspecified atom stereocenters. The lowest BCUT2D eigenvalue weighted by molar-refractivity contribution is 0.0597. The third kappa shape index (κ3) is 5.84. The minimum absolute atomic E-state index is 0.168. The van der Waals surface area contributed by atoms with Gasteiger partial charge in [0.05, 0.1) is 37.8 Å². The lowest BCUT2D eigenvalue weighted by Gasteiger charge is -2.14. The standard InChI is InChI=1S/C24H27ClN4O4/c1-24(2,3)21-13-18(29(28-21)17-8-6-7-15(25)11-17)14-26-23(31)27-16-9-10-19(22(30)33-5)20(12-16)32-4/h6-13H,14H2,1-5H3,(H2,26,27,31). The van der Waals surface area contributed by atoms with Gasteiger partial charge in [0.1, 0.15) is 11.3 Å². The first-order chi connectivity index (χ1) is 15.6. The van der Waals surface area contributed by atoms with Gasteiger partial charge in [-0.2, -0.15) is 5.10 Å². The minimum Gasteiger partial charge on any atom is -0.496 e. The Morgan fingerprint density at radius 3 is 2.48 bits per heavy atom. The van der Waals surface area contributed by atoms with Crippen molar-refractivity contribution in [2.45, 2.75) is 32.7 Å². The number of aromatic nitrogens is 2. The van der Waals surface area contributed by atoms with Crippen LogP contribution in [0.2, 0.25) is 5.02 Å². The summed E-state index contributed by atoms with van der Waals surface area (Å²) in [5, 5.41) is 10.9. The Morgan fingerprint density at radius 2 is 1.85 bits per heavy atom. The van der Waals surface area contributed by atoms with Crippen LogP contribution in [-0.4, -0.2) is 36.0 Å². The predicted molar refractivity (Wildman–Crippen MR) is 127 cm³/mol. The van der Waals surface area contributed by atoms with Crippen LogP contribution < -0.4 is 15.4 Å². The molecule has 0 saturated heterocycles. The molecular weight excluding hydrogens is 444 g/mol. The van der Waals surface area contributed by atoms with E-state index in [2.05, 4.69) is 31.4 Å². The Bertz CT molecular complexity index is 1170. The predicted octanol–water partition coefficient (Wildman–Crippen LogP) is 4.94. The number of hydrogen-bond donors (Lipinski definition) is 2. The highest BCUT2D eigenvalue weighted by atomic mass is 35.5. The van der Waals surface area contributed by atoms with Crippen LogP contribution in [0.25, 0.3) is 5.69 Å². The number of hydrogen-bond acceptors (Lipinski definition) is 5. The van der Waals surface area contributed by atoms with Crippen molar-refractivity contribution >= 4 is 29.3 Å². The van der Waals surface area contributed by atoms with Gasteiger partial charge in [-0.3, -0.25) is 0 Å². The Kier molecular flexibility index (Phi) is 7.28. The van der Waals surface area contributed by atoms with Gasteiger partial charge in [-0.1, -0.05) is 38.4 Å². The van der Waals surface area contributed by atoms with Crippen molar-refractivity contribution in [2.24, 2.45) is 0 Å². The van der Waals surface area contributed by atoms with E-state index in [0.717, 1.165) is 17.1 Å². The first kappa shape index (κ1) is 24.1. The van der Waals surface area contributed by atoms with Crippen LogP contribution in [0.4, 0.5) is 10.5 Å². The fraction of sp³-hybridized carbons (Fsp3) is 0.292. The van der Waals surface area contributed by atoms with E-state index in [-0.39, 0.29) is 17.5 Å². The van der Waals surface area contributed by atoms with Gasteiger partial charge in [0.25, 0.3) is 0 Å². The fourth-order valence-corrected chi connectivity index (χ4v) is 3.32. The Morgan fingerprint density at radius 1 is 1.09 bits per heavy atom. The molecule has 0 aliphatic carbocycles. The molecule has 33 heavy (non-hydrogen) atoms. The molecule has 2 amide bonds. The topological polar surface area (TPSA) is 94.5 Å². The molecule has 2 N–H and O–H groups in total. The molecule has 0 saturated carbocycles. The number of carbonyl (C=O) groups is 2. The molecule has 3 rings (SSSR count). The van der Waals surface area contributed by atoms with Crippen LogP contribution in [0, 0.1) is 0 Å². The highest BCUT2D eigenvalue weighted by Crippen LogP contribution is 2.26. The quantitative estimate of drug-likeness (QED) is 0.497. The SMILES string of the molecule is COC(=O)c1ccc(NC(=O)NCc2cc(C(C)(C)C)nn2-c2cccc(Cl)c2)cc1OC. The van der Waals surface area contributed by atoms with Gasteiger partial charge in [-0.05, 0) is 36.4 Å². The van der Waals surface area contributed by atoms with Gasteiger partial charge < -0.3 is 20.1 Å².